The van der Waals surface area contributed by atoms with Gasteiger partial charge in [0.1, 0.15) is 0 Å². The molecule has 1 aromatic carbocycles. The highest BCUT2D eigenvalue weighted by Crippen LogP contribution is 2.24. The van der Waals surface area contributed by atoms with Gasteiger partial charge in [0.05, 0.1) is 16.6 Å². The summed E-state index contributed by atoms with van der Waals surface area (Å²) in [6.07, 6.45) is 2.31. The Hall–Kier alpha value is -1.55. The molecule has 1 unspecified atom stereocenters. The first-order chi connectivity index (χ1) is 9.61. The van der Waals surface area contributed by atoms with Crippen LogP contribution in [0.2, 0.25) is 5.02 Å². The van der Waals surface area contributed by atoms with E-state index in [9.17, 15) is 9.59 Å². The van der Waals surface area contributed by atoms with Crippen LogP contribution >= 0.6 is 11.6 Å². The van der Waals surface area contributed by atoms with E-state index >= 15 is 0 Å². The van der Waals surface area contributed by atoms with Crippen molar-refractivity contribution in [3.8, 4) is 0 Å². The van der Waals surface area contributed by atoms with Crippen molar-refractivity contribution in [2.24, 2.45) is 5.92 Å². The van der Waals surface area contributed by atoms with E-state index in [-0.39, 0.29) is 17.7 Å². The summed E-state index contributed by atoms with van der Waals surface area (Å²) in [6, 6.07) is 7.11. The van der Waals surface area contributed by atoms with Crippen molar-refractivity contribution in [1.29, 1.82) is 0 Å². The van der Waals surface area contributed by atoms with Crippen LogP contribution in [0.1, 0.15) is 26.2 Å². The highest BCUT2D eigenvalue weighted by Gasteiger charge is 2.33. The van der Waals surface area contributed by atoms with Gasteiger partial charge >= 0.3 is 0 Å². The zero-order valence-electron chi connectivity index (χ0n) is 11.6. The Labute approximate surface area is 124 Å². The summed E-state index contributed by atoms with van der Waals surface area (Å²) >= 11 is 6.01. The number of unbranched alkanes of at least 4 members (excludes halogenated alkanes) is 1. The lowest BCUT2D eigenvalue weighted by Crippen LogP contribution is -2.29. The van der Waals surface area contributed by atoms with Gasteiger partial charge in [0.25, 0.3) is 0 Å². The molecule has 1 atom stereocenters. The number of benzene rings is 1. The molecule has 20 heavy (non-hydrogen) atoms. The number of likely N-dealkylation sites (tertiary alicyclic amines) is 1. The average Bonchev–Trinajstić information content (AvgIpc) is 2.80. The first kappa shape index (κ1) is 14.9. The van der Waals surface area contributed by atoms with Crippen LogP contribution in [0.4, 0.5) is 5.69 Å². The van der Waals surface area contributed by atoms with Gasteiger partial charge in [-0.3, -0.25) is 9.59 Å². The summed E-state index contributed by atoms with van der Waals surface area (Å²) in [5, 5.41) is 3.31. The van der Waals surface area contributed by atoms with Crippen molar-refractivity contribution >= 4 is 29.1 Å². The van der Waals surface area contributed by atoms with Gasteiger partial charge in [-0.15, -0.1) is 0 Å². The summed E-state index contributed by atoms with van der Waals surface area (Å²) in [5.74, 6) is -0.348. The van der Waals surface area contributed by atoms with Crippen molar-refractivity contribution in [1.82, 2.24) is 4.90 Å². The molecule has 0 spiro atoms. The van der Waals surface area contributed by atoms with Crippen LogP contribution in [-0.2, 0) is 9.59 Å². The lowest BCUT2D eigenvalue weighted by atomic mass is 10.1. The summed E-state index contributed by atoms with van der Waals surface area (Å²) in [7, 11) is 0. The van der Waals surface area contributed by atoms with Crippen molar-refractivity contribution < 1.29 is 9.59 Å². The molecule has 0 aliphatic carbocycles. The molecule has 2 rings (SSSR count). The van der Waals surface area contributed by atoms with E-state index < -0.39 is 0 Å². The summed E-state index contributed by atoms with van der Waals surface area (Å²) in [4.78, 5) is 25.8. The fourth-order valence-corrected chi connectivity index (χ4v) is 2.49. The minimum Gasteiger partial charge on any atom is -0.342 e. The van der Waals surface area contributed by atoms with Gasteiger partial charge in [-0.1, -0.05) is 37.1 Å². The first-order valence-electron chi connectivity index (χ1n) is 6.95. The van der Waals surface area contributed by atoms with Crippen LogP contribution in [0.15, 0.2) is 24.3 Å². The molecule has 5 heteroatoms. The third-order valence-electron chi connectivity index (χ3n) is 3.50. The number of nitrogens with one attached hydrogen (secondary N) is 1. The van der Waals surface area contributed by atoms with Crippen LogP contribution in [-0.4, -0.2) is 29.8 Å². The van der Waals surface area contributed by atoms with Crippen molar-refractivity contribution in [2.45, 2.75) is 26.2 Å². The normalized spacial score (nSPS) is 18.4. The molecule has 1 N–H and O–H groups in total. The van der Waals surface area contributed by atoms with E-state index in [2.05, 4.69) is 12.2 Å². The number of carbonyl (C=O) groups is 2. The Morgan fingerprint density at radius 3 is 2.90 bits per heavy atom. The lowest BCUT2D eigenvalue weighted by Gasteiger charge is -2.16. The van der Waals surface area contributed by atoms with Crippen LogP contribution in [0, 0.1) is 5.92 Å². The molecular formula is C15H19ClN2O2. The molecule has 1 fully saturated rings. The number of halogens is 1. The van der Waals surface area contributed by atoms with E-state index in [0.717, 1.165) is 19.4 Å². The SMILES string of the molecule is CCCCN1CC(C(=O)Nc2ccccc2Cl)CC1=O. The van der Waals surface area contributed by atoms with E-state index in [4.69, 9.17) is 11.6 Å². The Morgan fingerprint density at radius 1 is 1.45 bits per heavy atom. The Kier molecular flexibility index (Phi) is 5.01. The number of carbonyl (C=O) groups excluding carboxylic acids is 2. The number of hydrogen-bond donors (Lipinski definition) is 1. The topological polar surface area (TPSA) is 49.4 Å². The molecule has 0 saturated carbocycles. The van der Waals surface area contributed by atoms with Gasteiger partial charge in [0.2, 0.25) is 11.8 Å². The van der Waals surface area contributed by atoms with Gasteiger partial charge in [0, 0.05) is 19.5 Å². The maximum Gasteiger partial charge on any atom is 0.229 e. The highest BCUT2D eigenvalue weighted by molar-refractivity contribution is 6.33. The Balaban J connectivity index is 1.94. The van der Waals surface area contributed by atoms with Crippen LogP contribution in [0.25, 0.3) is 0 Å². The zero-order chi connectivity index (χ0) is 14.5. The van der Waals surface area contributed by atoms with E-state index in [1.54, 1.807) is 17.0 Å². The molecule has 1 aromatic rings. The van der Waals surface area contributed by atoms with Crippen LogP contribution < -0.4 is 5.32 Å². The quantitative estimate of drug-likeness (QED) is 0.908. The average molecular weight is 295 g/mol. The maximum absolute atomic E-state index is 12.2. The summed E-state index contributed by atoms with van der Waals surface area (Å²) in [6.45, 7) is 3.34. The fraction of sp³-hybridized carbons (Fsp3) is 0.467. The van der Waals surface area contributed by atoms with Gasteiger partial charge in [-0.05, 0) is 18.6 Å². The van der Waals surface area contributed by atoms with Crippen LogP contribution in [0.3, 0.4) is 0 Å². The van der Waals surface area contributed by atoms with Gasteiger partial charge in [-0.2, -0.15) is 0 Å². The number of hydrogen-bond acceptors (Lipinski definition) is 2. The number of para-hydroxylation sites is 1. The molecular weight excluding hydrogens is 276 g/mol. The fourth-order valence-electron chi connectivity index (χ4n) is 2.31. The van der Waals surface area contributed by atoms with E-state index in [1.807, 2.05) is 12.1 Å². The molecule has 2 amide bonds. The first-order valence-corrected chi connectivity index (χ1v) is 7.32. The second-order valence-electron chi connectivity index (χ2n) is 5.06. The molecule has 1 heterocycles. The maximum atomic E-state index is 12.2. The molecule has 4 nitrogen and oxygen atoms in total. The molecule has 108 valence electrons. The smallest absolute Gasteiger partial charge is 0.229 e. The van der Waals surface area contributed by atoms with Gasteiger partial charge < -0.3 is 10.2 Å². The molecule has 1 aliphatic heterocycles. The predicted octanol–water partition coefficient (Wildman–Crippen LogP) is 2.93. The molecule has 0 radical (unpaired) electrons. The molecule has 1 saturated heterocycles. The number of amides is 2. The van der Waals surface area contributed by atoms with E-state index in [1.165, 1.54) is 0 Å². The van der Waals surface area contributed by atoms with E-state index in [0.29, 0.717) is 23.7 Å². The number of rotatable bonds is 5. The Bertz CT molecular complexity index is 504. The predicted molar refractivity (Wildman–Crippen MR) is 79.7 cm³/mol. The van der Waals surface area contributed by atoms with Crippen LogP contribution in [0.5, 0.6) is 0 Å². The minimum atomic E-state index is -0.282. The number of nitrogens with zero attached hydrogens (tertiary/aromatic N) is 1. The standard InChI is InChI=1S/C15H19ClN2O2/c1-2-3-8-18-10-11(9-14(18)19)15(20)17-13-7-5-4-6-12(13)16/h4-7,11H,2-3,8-10H2,1H3,(H,17,20). The molecule has 1 aliphatic rings. The van der Waals surface area contributed by atoms with Crippen molar-refractivity contribution in [3.05, 3.63) is 29.3 Å². The Morgan fingerprint density at radius 2 is 2.20 bits per heavy atom. The lowest BCUT2D eigenvalue weighted by molar-refractivity contribution is -0.128. The second kappa shape index (κ2) is 6.75. The summed E-state index contributed by atoms with van der Waals surface area (Å²) in [5.41, 5.74) is 0.596. The molecule has 0 aromatic heterocycles. The highest BCUT2D eigenvalue weighted by atomic mass is 35.5. The van der Waals surface area contributed by atoms with Crippen molar-refractivity contribution in [3.63, 3.8) is 0 Å². The minimum absolute atomic E-state index is 0.0674. The third-order valence-corrected chi connectivity index (χ3v) is 3.83. The van der Waals surface area contributed by atoms with Crippen molar-refractivity contribution in [2.75, 3.05) is 18.4 Å². The summed E-state index contributed by atoms with van der Waals surface area (Å²) < 4.78 is 0. The van der Waals surface area contributed by atoms with Gasteiger partial charge in [-0.25, -0.2) is 0 Å². The zero-order valence-corrected chi connectivity index (χ0v) is 12.3. The van der Waals surface area contributed by atoms with Gasteiger partial charge in [0.15, 0.2) is 0 Å². The number of anilines is 1. The molecule has 0 bridgehead atoms. The largest absolute Gasteiger partial charge is 0.342 e. The third kappa shape index (κ3) is 3.51. The second-order valence-corrected chi connectivity index (χ2v) is 5.47. The monoisotopic (exact) mass is 294 g/mol.